The van der Waals surface area contributed by atoms with Crippen molar-refractivity contribution in [3.05, 3.63) is 25.3 Å². The number of carboxylic acid groups (broad SMARTS) is 9. The quantitative estimate of drug-likeness (QED) is 0.00884. The summed E-state index contributed by atoms with van der Waals surface area (Å²) in [5, 5.41) is 99.7. The molecule has 0 aromatic carbocycles. The Labute approximate surface area is 864 Å². The number of carbonyl (C=O) groups excluding carboxylic acids is 11. The minimum atomic E-state index is -0.948. The lowest BCUT2D eigenvalue weighted by molar-refractivity contribution is -0.141. The first-order valence-electron chi connectivity index (χ1n) is 47.2. The largest absolute Gasteiger partial charge is 0.481 e. The Morgan fingerprint density at radius 3 is 0.803 bits per heavy atom. The second-order valence-electron chi connectivity index (χ2n) is 36.9. The fourth-order valence-corrected chi connectivity index (χ4v) is 7.73. The van der Waals surface area contributed by atoms with Crippen molar-refractivity contribution in [3.8, 4) is 24.7 Å². The predicted octanol–water partition coefficient (Wildman–Crippen LogP) is 14.0. The molecule has 0 heterocycles. The molecule has 50 nitrogen and oxygen atoms in total. The van der Waals surface area contributed by atoms with Crippen LogP contribution < -0.4 is 53.2 Å². The van der Waals surface area contributed by atoms with E-state index in [-0.39, 0.29) is 102 Å². The number of methoxy groups -OCH3 is 1. The van der Waals surface area contributed by atoms with E-state index in [4.69, 9.17) is 101 Å². The third kappa shape index (κ3) is 138. The van der Waals surface area contributed by atoms with E-state index in [2.05, 4.69) is 87.6 Å². The average molecular weight is 2120 g/mol. The van der Waals surface area contributed by atoms with Gasteiger partial charge in [-0.15, -0.1) is 12.8 Å². The van der Waals surface area contributed by atoms with Crippen molar-refractivity contribution in [2.75, 3.05) is 72.6 Å². The van der Waals surface area contributed by atoms with Gasteiger partial charge in [-0.1, -0.05) is 58.8 Å². The van der Waals surface area contributed by atoms with Crippen LogP contribution in [0.25, 0.3) is 0 Å². The molecule has 0 radical (unpaired) electrons. The number of carboxylic acids is 9. The Hall–Kier alpha value is -14.0. The maximum absolute atomic E-state index is 11.3. The maximum Gasteiger partial charge on any atom is 0.408 e. The van der Waals surface area contributed by atoms with Crippen molar-refractivity contribution in [1.29, 1.82) is 0 Å². The van der Waals surface area contributed by atoms with Crippen LogP contribution in [0.1, 0.15) is 314 Å². The van der Waals surface area contributed by atoms with Crippen LogP contribution in [0.2, 0.25) is 0 Å². The van der Waals surface area contributed by atoms with E-state index >= 15 is 0 Å². The van der Waals surface area contributed by atoms with Crippen molar-refractivity contribution in [2.45, 2.75) is 371 Å². The van der Waals surface area contributed by atoms with Crippen LogP contribution in [0, 0.1) is 30.6 Å². The minimum Gasteiger partial charge on any atom is -0.481 e. The van der Waals surface area contributed by atoms with E-state index in [1.807, 2.05) is 48.5 Å². The molecule has 0 rings (SSSR count). The highest BCUT2D eigenvalue weighted by Crippen LogP contribution is 2.18. The van der Waals surface area contributed by atoms with Gasteiger partial charge in [0.25, 0.3) is 0 Å². The lowest BCUT2D eigenvalue weighted by atomic mass is 10.1. The first-order chi connectivity index (χ1) is 67.3. The van der Waals surface area contributed by atoms with Gasteiger partial charge in [-0.2, -0.15) is 0 Å². The minimum absolute atomic E-state index is 0.0127. The predicted molar refractivity (Wildman–Crippen MR) is 540 cm³/mol. The molecule has 147 heavy (non-hydrogen) atoms. The third-order valence-corrected chi connectivity index (χ3v) is 16.5. The molecule has 0 aliphatic carbocycles. The Morgan fingerprint density at radius 1 is 0.306 bits per heavy atom. The molecule has 50 heteroatoms. The SMILES string of the molecule is C#CC(C)(C)OC(=O)NCCCC(=O)O.C#CC(C)OC(=O)NCCCC(=O)O.C=CC(C)(C)OC(=O)NCCCC(=O)O.C=CC(C)OC(=O)NCCCC(=O)O.CC(C)(C)OC(=O)NCCC(=O)O.CC(C)(C)OC(=O)NCCCCC(=O)O.CC(CNC(=O)OC(C)(C)C)CC(=O)O.CCC(C)(C)OC(=O)NCCC(=O)O.CCC(C)(C)OC(=O)NCCCC(=O)OC.CCC(C)(C)OC(=O)NCCCCC(=O)O. The van der Waals surface area contributed by atoms with Gasteiger partial charge in [0.1, 0.15) is 45.3 Å². The van der Waals surface area contributed by atoms with Crippen LogP contribution in [0.4, 0.5) is 47.9 Å². The van der Waals surface area contributed by atoms with E-state index in [1.165, 1.54) is 19.3 Å². The van der Waals surface area contributed by atoms with E-state index < -0.39 is 166 Å². The van der Waals surface area contributed by atoms with Crippen LogP contribution in [-0.2, 0) is 100 Å². The number of alkyl carbamates (subject to hydrolysis) is 10. The fraction of sp³-hybridized carbons (Fsp3) is 0.711. The van der Waals surface area contributed by atoms with Crippen molar-refractivity contribution >= 4 is 121 Å². The number of aliphatic carboxylic acids is 9. The van der Waals surface area contributed by atoms with Gasteiger partial charge in [-0.25, -0.2) is 47.9 Å². The Kier molecular flexibility index (Phi) is 92.2. The number of carbonyl (C=O) groups is 20. The molecule has 0 bridgehead atoms. The van der Waals surface area contributed by atoms with Gasteiger partial charge >= 0.3 is 121 Å². The highest BCUT2D eigenvalue weighted by molar-refractivity contribution is 5.75. The van der Waals surface area contributed by atoms with E-state index in [0.717, 1.165) is 12.8 Å². The summed E-state index contributed by atoms with van der Waals surface area (Å²) in [6.07, 6.45) is 14.0. The van der Waals surface area contributed by atoms with Crippen LogP contribution in [0.15, 0.2) is 25.3 Å². The molecular formula is C97H172N10O40. The van der Waals surface area contributed by atoms with Crippen molar-refractivity contribution in [2.24, 2.45) is 5.92 Å². The number of hydrogen-bond donors (Lipinski definition) is 19. The van der Waals surface area contributed by atoms with Crippen LogP contribution >= 0.6 is 0 Å². The maximum atomic E-state index is 11.3. The van der Waals surface area contributed by atoms with E-state index in [9.17, 15) is 95.9 Å². The summed E-state index contributed by atoms with van der Waals surface area (Å²) in [6.45, 7) is 54.1. The van der Waals surface area contributed by atoms with Crippen LogP contribution in [0.5, 0.6) is 0 Å². The molecule has 3 unspecified atom stereocenters. The zero-order chi connectivity index (χ0) is 117. The number of nitrogens with one attached hydrogen (secondary N) is 10. The molecule has 0 saturated carbocycles. The average Bonchev–Trinajstić information content (AvgIpc) is 0.930. The second-order valence-corrected chi connectivity index (χ2v) is 36.9. The van der Waals surface area contributed by atoms with Gasteiger partial charge in [0.15, 0.2) is 11.7 Å². The molecule has 10 amide bonds. The van der Waals surface area contributed by atoms with E-state index in [0.29, 0.717) is 110 Å². The molecule has 850 valence electrons. The smallest absolute Gasteiger partial charge is 0.408 e. The second kappa shape index (κ2) is 88.5. The first-order valence-corrected chi connectivity index (χ1v) is 47.2. The summed E-state index contributed by atoms with van der Waals surface area (Å²) in [4.78, 5) is 213. The van der Waals surface area contributed by atoms with Crippen molar-refractivity contribution < 1.29 is 194 Å². The number of unbranched alkanes of at least 4 members (excludes halogenated alkanes) is 2. The summed E-state index contributed by atoms with van der Waals surface area (Å²) in [7, 11) is 1.34. The van der Waals surface area contributed by atoms with Gasteiger partial charge in [-0.05, 0) is 234 Å². The summed E-state index contributed by atoms with van der Waals surface area (Å²) < 4.78 is 54.0. The zero-order valence-corrected chi connectivity index (χ0v) is 90.8. The number of rotatable bonds is 52. The van der Waals surface area contributed by atoms with E-state index in [1.54, 1.807) is 125 Å². The van der Waals surface area contributed by atoms with Crippen molar-refractivity contribution in [1.82, 2.24) is 53.2 Å². The third-order valence-electron chi connectivity index (χ3n) is 16.5. The summed E-state index contributed by atoms with van der Waals surface area (Å²) in [6, 6.07) is 0. The first kappa shape index (κ1) is 153. The summed E-state index contributed by atoms with van der Waals surface area (Å²) in [5.74, 6) is -3.77. The van der Waals surface area contributed by atoms with Crippen molar-refractivity contribution in [3.63, 3.8) is 0 Å². The van der Waals surface area contributed by atoms with Gasteiger partial charge in [0.05, 0.1) is 20.0 Å². The fourth-order valence-electron chi connectivity index (χ4n) is 7.73. The number of esters is 1. The molecule has 0 fully saturated rings. The topological polar surface area (TPSA) is 745 Å². The van der Waals surface area contributed by atoms with Gasteiger partial charge in [0, 0.05) is 117 Å². The van der Waals surface area contributed by atoms with Crippen LogP contribution in [-0.4, -0.2) is 296 Å². The normalized spacial score (nSPS) is 11.0. The molecule has 0 aromatic heterocycles. The van der Waals surface area contributed by atoms with Gasteiger partial charge in [-0.3, -0.25) is 47.9 Å². The number of terminal acetylenes is 2. The molecule has 0 spiro atoms. The lowest BCUT2D eigenvalue weighted by Crippen LogP contribution is -2.35. The molecule has 0 aromatic rings. The Balaban J connectivity index is -0.000000177. The zero-order valence-electron chi connectivity index (χ0n) is 90.8. The lowest BCUT2D eigenvalue weighted by Gasteiger charge is -2.23. The van der Waals surface area contributed by atoms with Crippen LogP contribution in [0.3, 0.4) is 0 Å². The molecule has 0 aliphatic heterocycles. The van der Waals surface area contributed by atoms with Gasteiger partial charge < -0.3 is 151 Å². The monoisotopic (exact) mass is 2120 g/mol. The highest BCUT2D eigenvalue weighted by atomic mass is 16.6. The molecule has 3 atom stereocenters. The molecular weight excluding hydrogens is 1950 g/mol. The number of amides is 10. The Bertz CT molecular complexity index is 3970. The van der Waals surface area contributed by atoms with Gasteiger partial charge in [0.2, 0.25) is 0 Å². The molecule has 19 N–H and O–H groups in total. The number of hydrogen-bond acceptors (Lipinski definition) is 31. The summed E-state index contributed by atoms with van der Waals surface area (Å²) >= 11 is 0. The molecule has 0 aliphatic rings. The highest BCUT2D eigenvalue weighted by Gasteiger charge is 2.26. The molecule has 0 saturated heterocycles. The number of ether oxygens (including phenoxy) is 11. The Morgan fingerprint density at radius 2 is 0.551 bits per heavy atom. The summed E-state index contributed by atoms with van der Waals surface area (Å²) in [5.41, 5.74) is -4.64. The standard InChI is InChI=1S/2C11H21NO4.2C10H19NO4.C10H17NO4.C10H15NO4.C9H17NO4.C9H15NO4.C9H13NO4.C8H15NO4/c1-5-11(2,3)16-10(14)12-8-6-7-9(13)15-4;1-4-11(2,3)16-10(15)12-8-6-5-7-9(13)14;1-7(5-8(12)13)6-11-9(14)15-10(2,3)4;1-10(2,3)15-9(14)11-7-5-4-6-8(12)13;2*1-4-10(2,3)15-9(14)11-7-5-6-8(12)13;1-4-9(2,3)14-8(13)10-6-5-7(11)12;2*1-3-7(2)14-9(13)10-6-4-5-8(11)12;1-8(2,3)13-7(12)9-5-4-6(10)11/h5-8H2,1-4H3,(H,12,14);4-8H2,1-3H3,(H,12,15)(H,13,14);7H,5-6H2,1-4H3,(H,11,14)(H,12,13);4-7H2,1-3H3,(H,11,14)(H,12,13);4H,1,5-7H2,2-3H3,(H,11,14)(H,12,13);1H,5-7H2,2-3H3,(H,11,14)(H,12,13);4-6H2,1-3H3,(H,10,13)(H,11,12);3,7H,1,4-6H2,2H3,(H,10,13)(H,11,12);1,7H,4-6H2,2H3,(H,10,13)(H,11,12);4-5H2,1-3H3,(H,9,12)(H,10,11).